The van der Waals surface area contributed by atoms with Crippen LogP contribution in [0.5, 0.6) is 5.75 Å². The highest BCUT2D eigenvalue weighted by Crippen LogP contribution is 2.24. The van der Waals surface area contributed by atoms with Crippen LogP contribution >= 0.6 is 11.3 Å². The molecule has 0 bridgehead atoms. The van der Waals surface area contributed by atoms with Gasteiger partial charge in [-0.3, -0.25) is 10.1 Å². The minimum Gasteiger partial charge on any atom is -0.486 e. The molecule has 4 rings (SSSR count). The van der Waals surface area contributed by atoms with Crippen LogP contribution in [-0.2, 0) is 24.3 Å². The first-order valence-corrected chi connectivity index (χ1v) is 11.9. The number of hydrogen-bond donors (Lipinski definition) is 1. The number of amides is 2. The van der Waals surface area contributed by atoms with Crippen molar-refractivity contribution in [3.05, 3.63) is 69.7 Å². The molecule has 34 heavy (non-hydrogen) atoms. The number of aryl methyl sites for hydroxylation is 1. The number of carbonyl (C=O) groups excluding carboxylic acids is 2. The maximum absolute atomic E-state index is 12.8. The third-order valence-electron chi connectivity index (χ3n) is 5.26. The number of rotatable bonds is 5. The average Bonchev–Trinajstić information content (AvgIpc) is 3.24. The zero-order chi connectivity index (χ0) is 24.3. The van der Waals surface area contributed by atoms with Crippen molar-refractivity contribution in [1.82, 2.24) is 15.1 Å². The van der Waals surface area contributed by atoms with E-state index in [9.17, 15) is 9.59 Å². The Bertz CT molecular complexity index is 1200. The van der Waals surface area contributed by atoms with Crippen molar-refractivity contribution in [2.24, 2.45) is 0 Å². The second-order valence-electron chi connectivity index (χ2n) is 9.14. The van der Waals surface area contributed by atoms with E-state index in [2.05, 4.69) is 15.5 Å². The quantitative estimate of drug-likeness (QED) is 0.554. The van der Waals surface area contributed by atoms with Crippen LogP contribution in [0.25, 0.3) is 0 Å². The molecule has 178 valence electrons. The van der Waals surface area contributed by atoms with E-state index >= 15 is 0 Å². The monoisotopic (exact) mass is 480 g/mol. The molecule has 2 amide bonds. The molecule has 0 aliphatic carbocycles. The summed E-state index contributed by atoms with van der Waals surface area (Å²) in [5.74, 6) is 0.544. The number of benzene rings is 2. The first kappa shape index (κ1) is 23.7. The van der Waals surface area contributed by atoms with Crippen LogP contribution in [0.2, 0.25) is 0 Å². The Labute approximate surface area is 202 Å². The second kappa shape index (κ2) is 9.80. The van der Waals surface area contributed by atoms with Crippen LogP contribution in [-0.4, -0.2) is 39.2 Å². The smallest absolute Gasteiger partial charge is 0.410 e. The minimum atomic E-state index is -0.531. The lowest BCUT2D eigenvalue weighted by Crippen LogP contribution is -2.39. The Morgan fingerprint density at radius 3 is 2.68 bits per heavy atom. The average molecular weight is 481 g/mol. The number of hydrogen-bond acceptors (Lipinski definition) is 7. The number of anilines is 1. The Hall–Kier alpha value is -3.46. The van der Waals surface area contributed by atoms with Gasteiger partial charge >= 0.3 is 6.09 Å². The number of ether oxygens (including phenoxy) is 2. The molecule has 0 unspecified atom stereocenters. The lowest BCUT2D eigenvalue weighted by molar-refractivity contribution is 0.0224. The predicted octanol–water partition coefficient (Wildman–Crippen LogP) is 4.97. The number of aromatic nitrogens is 2. The van der Waals surface area contributed by atoms with Gasteiger partial charge in [0.05, 0.1) is 0 Å². The summed E-state index contributed by atoms with van der Waals surface area (Å²) in [6.45, 7) is 8.84. The lowest BCUT2D eigenvalue weighted by atomic mass is 9.97. The van der Waals surface area contributed by atoms with Crippen molar-refractivity contribution in [2.75, 3.05) is 11.9 Å². The van der Waals surface area contributed by atoms with Gasteiger partial charge in [-0.2, -0.15) is 0 Å². The molecule has 0 saturated carbocycles. The van der Waals surface area contributed by atoms with Crippen molar-refractivity contribution < 1.29 is 19.1 Å². The van der Waals surface area contributed by atoms with Crippen LogP contribution in [0.15, 0.2) is 42.5 Å². The van der Waals surface area contributed by atoms with E-state index in [1.54, 1.807) is 11.0 Å². The molecule has 1 N–H and O–H groups in total. The summed E-state index contributed by atoms with van der Waals surface area (Å²) in [5, 5.41) is 12.1. The fourth-order valence-electron chi connectivity index (χ4n) is 3.57. The van der Waals surface area contributed by atoms with Crippen molar-refractivity contribution in [1.29, 1.82) is 0 Å². The van der Waals surface area contributed by atoms with E-state index in [1.165, 1.54) is 11.3 Å². The summed E-state index contributed by atoms with van der Waals surface area (Å²) in [5.41, 5.74) is 3.12. The standard InChI is InChI=1S/C25H28N4O4S/c1-16-7-5-6-8-20(16)32-15-21-27-28-23(34-21)26-22(30)18-9-10-19-14-29(12-11-17(19)13-18)24(31)33-25(2,3)4/h5-10,13H,11-12,14-15H2,1-4H3,(H,26,28,30). The topological polar surface area (TPSA) is 93.7 Å². The van der Waals surface area contributed by atoms with Crippen molar-refractivity contribution in [2.45, 2.75) is 52.9 Å². The highest BCUT2D eigenvalue weighted by atomic mass is 32.1. The zero-order valence-electron chi connectivity index (χ0n) is 19.8. The van der Waals surface area contributed by atoms with E-state index in [0.717, 1.165) is 22.4 Å². The normalized spacial score (nSPS) is 13.2. The van der Waals surface area contributed by atoms with Gasteiger partial charge < -0.3 is 14.4 Å². The van der Waals surface area contributed by atoms with Gasteiger partial charge in [0.15, 0.2) is 5.01 Å². The highest BCUT2D eigenvalue weighted by Gasteiger charge is 2.26. The highest BCUT2D eigenvalue weighted by molar-refractivity contribution is 7.15. The molecule has 3 aromatic rings. The van der Waals surface area contributed by atoms with Gasteiger partial charge in [0.1, 0.15) is 18.0 Å². The van der Waals surface area contributed by atoms with E-state index in [4.69, 9.17) is 9.47 Å². The van der Waals surface area contributed by atoms with Gasteiger partial charge in [0.2, 0.25) is 5.13 Å². The third-order valence-corrected chi connectivity index (χ3v) is 6.08. The SMILES string of the molecule is Cc1ccccc1OCc1nnc(NC(=O)c2ccc3c(c2)CCN(C(=O)OC(C)(C)C)C3)s1. The fourth-order valence-corrected chi connectivity index (χ4v) is 4.21. The second-order valence-corrected chi connectivity index (χ2v) is 10.2. The third kappa shape index (κ3) is 5.91. The maximum atomic E-state index is 12.8. The Morgan fingerprint density at radius 1 is 1.12 bits per heavy atom. The molecule has 1 aliphatic heterocycles. The molecule has 1 aromatic heterocycles. The zero-order valence-corrected chi connectivity index (χ0v) is 20.6. The Balaban J connectivity index is 1.35. The molecular weight excluding hydrogens is 452 g/mol. The van der Waals surface area contributed by atoms with Crippen LogP contribution in [0, 0.1) is 6.92 Å². The van der Waals surface area contributed by atoms with Crippen LogP contribution in [0.1, 0.15) is 52.8 Å². The molecule has 0 fully saturated rings. The molecule has 8 nitrogen and oxygen atoms in total. The van der Waals surface area contributed by atoms with Crippen LogP contribution in [0.4, 0.5) is 9.93 Å². The number of carbonyl (C=O) groups is 2. The molecular formula is C25H28N4O4S. The maximum Gasteiger partial charge on any atom is 0.410 e. The largest absolute Gasteiger partial charge is 0.486 e. The molecule has 0 radical (unpaired) electrons. The molecule has 2 aromatic carbocycles. The molecule has 0 spiro atoms. The van der Waals surface area contributed by atoms with Gasteiger partial charge in [-0.15, -0.1) is 10.2 Å². The molecule has 1 aliphatic rings. The summed E-state index contributed by atoms with van der Waals surface area (Å²) in [6, 6.07) is 13.3. The molecule has 0 saturated heterocycles. The van der Waals surface area contributed by atoms with Gasteiger partial charge in [-0.1, -0.05) is 35.6 Å². The van der Waals surface area contributed by atoms with E-state index < -0.39 is 5.60 Å². The fraction of sp³-hybridized carbons (Fsp3) is 0.360. The summed E-state index contributed by atoms with van der Waals surface area (Å²) < 4.78 is 11.3. The van der Waals surface area contributed by atoms with Gasteiger partial charge in [-0.05, 0) is 69.0 Å². The Morgan fingerprint density at radius 2 is 1.91 bits per heavy atom. The molecule has 0 atom stereocenters. The number of nitrogens with zero attached hydrogens (tertiary/aromatic N) is 3. The van der Waals surface area contributed by atoms with E-state index in [1.807, 2.05) is 64.1 Å². The summed E-state index contributed by atoms with van der Waals surface area (Å²) in [6.07, 6.45) is 0.341. The van der Waals surface area contributed by atoms with E-state index in [0.29, 0.717) is 35.2 Å². The number of para-hydroxylation sites is 1. The van der Waals surface area contributed by atoms with Crippen LogP contribution < -0.4 is 10.1 Å². The molecule has 9 heteroatoms. The summed E-state index contributed by atoms with van der Waals surface area (Å²) in [7, 11) is 0. The first-order valence-electron chi connectivity index (χ1n) is 11.1. The van der Waals surface area contributed by atoms with Gasteiger partial charge in [0, 0.05) is 18.7 Å². The van der Waals surface area contributed by atoms with Crippen molar-refractivity contribution in [3.8, 4) is 5.75 Å². The minimum absolute atomic E-state index is 0.250. The number of nitrogens with one attached hydrogen (secondary N) is 1. The van der Waals surface area contributed by atoms with Crippen LogP contribution in [0.3, 0.4) is 0 Å². The predicted molar refractivity (Wildman–Crippen MR) is 130 cm³/mol. The van der Waals surface area contributed by atoms with Crippen molar-refractivity contribution >= 4 is 28.5 Å². The summed E-state index contributed by atoms with van der Waals surface area (Å²) >= 11 is 1.28. The number of fused-ring (bicyclic) bond motifs is 1. The Kier molecular flexibility index (Phi) is 6.83. The molecule has 2 heterocycles. The van der Waals surface area contributed by atoms with Crippen molar-refractivity contribution in [3.63, 3.8) is 0 Å². The van der Waals surface area contributed by atoms with Gasteiger partial charge in [0.25, 0.3) is 5.91 Å². The summed E-state index contributed by atoms with van der Waals surface area (Å²) in [4.78, 5) is 26.8. The van der Waals surface area contributed by atoms with Gasteiger partial charge in [-0.25, -0.2) is 4.79 Å². The lowest BCUT2D eigenvalue weighted by Gasteiger charge is -2.31. The van der Waals surface area contributed by atoms with E-state index in [-0.39, 0.29) is 18.6 Å². The first-order chi connectivity index (χ1) is 16.2.